The number of hydrogen-bond donors (Lipinski definition) is 1. The Labute approximate surface area is 135 Å². The van der Waals surface area contributed by atoms with Gasteiger partial charge in [-0.3, -0.25) is 4.79 Å². The Morgan fingerprint density at radius 2 is 1.74 bits per heavy atom. The molecule has 2 aromatic rings. The molecule has 0 atom stereocenters. The number of anilines is 1. The lowest BCUT2D eigenvalue weighted by Gasteiger charge is -2.29. The average Bonchev–Trinajstić information content (AvgIpc) is 3.42. The third kappa shape index (κ3) is 3.25. The van der Waals surface area contributed by atoms with Gasteiger partial charge in [-0.1, -0.05) is 0 Å². The number of nitrogens with one attached hydrogen (secondary N) is 1. The van der Waals surface area contributed by atoms with Gasteiger partial charge < -0.3 is 5.32 Å². The third-order valence-corrected chi connectivity index (χ3v) is 4.78. The first-order chi connectivity index (χ1) is 11.3. The fourth-order valence-corrected chi connectivity index (χ4v) is 3.32. The van der Waals surface area contributed by atoms with E-state index in [1.807, 2.05) is 12.1 Å². The zero-order chi connectivity index (χ0) is 15.6. The van der Waals surface area contributed by atoms with E-state index in [1.165, 1.54) is 12.8 Å². The van der Waals surface area contributed by atoms with E-state index in [0.717, 1.165) is 31.4 Å². The quantitative estimate of drug-likeness (QED) is 0.939. The maximum Gasteiger partial charge on any atom is 0.267 e. The molecule has 4 rings (SSSR count). The monoisotopic (exact) mass is 311 g/mol. The van der Waals surface area contributed by atoms with E-state index < -0.39 is 0 Å². The summed E-state index contributed by atoms with van der Waals surface area (Å²) in [6.07, 6.45) is 9.84. The van der Waals surface area contributed by atoms with Crippen LogP contribution in [0.15, 0.2) is 35.4 Å². The molecule has 2 aliphatic rings. The number of hydrogen-bond acceptors (Lipinski definition) is 5. The van der Waals surface area contributed by atoms with Crippen LogP contribution in [0, 0.1) is 0 Å². The van der Waals surface area contributed by atoms with Crippen LogP contribution in [0.4, 0.5) is 5.95 Å². The van der Waals surface area contributed by atoms with Crippen molar-refractivity contribution in [2.45, 2.75) is 56.5 Å². The van der Waals surface area contributed by atoms with Crippen molar-refractivity contribution in [3.8, 4) is 0 Å². The maximum atomic E-state index is 12.2. The molecule has 23 heavy (non-hydrogen) atoms. The summed E-state index contributed by atoms with van der Waals surface area (Å²) in [5.41, 5.74) is 1.11. The molecule has 120 valence electrons. The lowest BCUT2D eigenvalue weighted by molar-refractivity contribution is 0.301. The van der Waals surface area contributed by atoms with Crippen molar-refractivity contribution in [1.82, 2.24) is 19.7 Å². The van der Waals surface area contributed by atoms with Crippen molar-refractivity contribution in [2.75, 3.05) is 5.32 Å². The summed E-state index contributed by atoms with van der Waals surface area (Å²) < 4.78 is 1.73. The fraction of sp³-hybridized carbons (Fsp3) is 0.529. The average molecular weight is 311 g/mol. The summed E-state index contributed by atoms with van der Waals surface area (Å²) in [5.74, 6) is 1.26. The van der Waals surface area contributed by atoms with Gasteiger partial charge in [0.05, 0.1) is 11.7 Å². The molecule has 0 bridgehead atoms. The minimum Gasteiger partial charge on any atom is -0.351 e. The second kappa shape index (κ2) is 6.10. The Morgan fingerprint density at radius 3 is 2.43 bits per heavy atom. The van der Waals surface area contributed by atoms with Crippen molar-refractivity contribution in [3.63, 3.8) is 0 Å². The van der Waals surface area contributed by atoms with Crippen molar-refractivity contribution in [1.29, 1.82) is 0 Å². The zero-order valence-corrected chi connectivity index (χ0v) is 13.1. The van der Waals surface area contributed by atoms with Crippen LogP contribution < -0.4 is 10.9 Å². The summed E-state index contributed by atoms with van der Waals surface area (Å²) >= 11 is 0. The van der Waals surface area contributed by atoms with E-state index in [-0.39, 0.29) is 11.6 Å². The molecule has 2 aliphatic carbocycles. The highest BCUT2D eigenvalue weighted by Crippen LogP contribution is 2.38. The van der Waals surface area contributed by atoms with Gasteiger partial charge in [0.15, 0.2) is 0 Å². The molecule has 6 nitrogen and oxygen atoms in total. The van der Waals surface area contributed by atoms with Gasteiger partial charge in [0, 0.05) is 30.4 Å². The molecular weight excluding hydrogens is 290 g/mol. The first-order valence-electron chi connectivity index (χ1n) is 8.43. The number of aromatic nitrogens is 4. The molecule has 0 aliphatic heterocycles. The van der Waals surface area contributed by atoms with Crippen LogP contribution >= 0.6 is 0 Å². The standard InChI is InChI=1S/C17H21N5O/c23-16-9-8-15(12-2-3-12)21-22(16)14-6-4-13(5-7-14)20-17-18-10-1-11-19-17/h1,8-14H,2-7H2,(H,18,19,20). The molecule has 2 heterocycles. The molecule has 0 saturated heterocycles. The van der Waals surface area contributed by atoms with Gasteiger partial charge in [-0.15, -0.1) is 0 Å². The lowest BCUT2D eigenvalue weighted by Crippen LogP contribution is -2.33. The molecule has 1 N–H and O–H groups in total. The molecule has 0 unspecified atom stereocenters. The van der Waals surface area contributed by atoms with Crippen LogP contribution in [-0.2, 0) is 0 Å². The van der Waals surface area contributed by atoms with E-state index >= 15 is 0 Å². The molecule has 2 fully saturated rings. The van der Waals surface area contributed by atoms with E-state index in [9.17, 15) is 4.79 Å². The number of nitrogens with zero attached hydrogens (tertiary/aromatic N) is 4. The number of rotatable bonds is 4. The van der Waals surface area contributed by atoms with Crippen molar-refractivity contribution in [2.24, 2.45) is 0 Å². The van der Waals surface area contributed by atoms with E-state index in [4.69, 9.17) is 0 Å². The van der Waals surface area contributed by atoms with Gasteiger partial charge in [-0.05, 0) is 50.7 Å². The summed E-state index contributed by atoms with van der Waals surface area (Å²) in [7, 11) is 0. The topological polar surface area (TPSA) is 72.7 Å². The Hall–Kier alpha value is -2.24. The minimum absolute atomic E-state index is 0.0252. The second-order valence-electron chi connectivity index (χ2n) is 6.54. The highest BCUT2D eigenvalue weighted by atomic mass is 16.1. The SMILES string of the molecule is O=c1ccc(C2CC2)nn1C1CCC(Nc2ncccn2)CC1. The van der Waals surface area contributed by atoms with Gasteiger partial charge in [0.1, 0.15) is 0 Å². The van der Waals surface area contributed by atoms with Crippen molar-refractivity contribution in [3.05, 3.63) is 46.6 Å². The first-order valence-corrected chi connectivity index (χ1v) is 8.43. The predicted molar refractivity (Wildman–Crippen MR) is 87.4 cm³/mol. The highest BCUT2D eigenvalue weighted by Gasteiger charge is 2.28. The van der Waals surface area contributed by atoms with E-state index in [1.54, 1.807) is 23.1 Å². The van der Waals surface area contributed by atoms with Crippen molar-refractivity contribution >= 4 is 5.95 Å². The summed E-state index contributed by atoms with van der Waals surface area (Å²) in [6, 6.07) is 5.98. The van der Waals surface area contributed by atoms with Crippen LogP contribution in [0.5, 0.6) is 0 Å². The smallest absolute Gasteiger partial charge is 0.267 e. The Morgan fingerprint density at radius 1 is 1.00 bits per heavy atom. The summed E-state index contributed by atoms with van der Waals surface area (Å²) in [6.45, 7) is 0. The Bertz CT molecular complexity index is 717. The van der Waals surface area contributed by atoms with Crippen LogP contribution in [0.3, 0.4) is 0 Å². The maximum absolute atomic E-state index is 12.2. The molecular formula is C17H21N5O. The Balaban J connectivity index is 1.41. The van der Waals surface area contributed by atoms with Crippen molar-refractivity contribution < 1.29 is 0 Å². The largest absolute Gasteiger partial charge is 0.351 e. The van der Waals surface area contributed by atoms with E-state index in [0.29, 0.717) is 17.9 Å². The first kappa shape index (κ1) is 14.4. The van der Waals surface area contributed by atoms with Gasteiger partial charge in [-0.25, -0.2) is 14.6 Å². The minimum atomic E-state index is 0.0252. The normalized spacial score (nSPS) is 24.3. The molecule has 2 saturated carbocycles. The molecule has 0 aromatic carbocycles. The Kier molecular flexibility index (Phi) is 3.81. The van der Waals surface area contributed by atoms with Crippen LogP contribution in [0.2, 0.25) is 0 Å². The fourth-order valence-electron chi connectivity index (χ4n) is 3.32. The molecule has 0 spiro atoms. The van der Waals surface area contributed by atoms with Gasteiger partial charge in [0.2, 0.25) is 5.95 Å². The van der Waals surface area contributed by atoms with Gasteiger partial charge in [0.25, 0.3) is 5.56 Å². The van der Waals surface area contributed by atoms with Crippen LogP contribution in [-0.4, -0.2) is 25.8 Å². The summed E-state index contributed by atoms with van der Waals surface area (Å²) in [4.78, 5) is 20.6. The molecule has 2 aromatic heterocycles. The van der Waals surface area contributed by atoms with Crippen LogP contribution in [0.25, 0.3) is 0 Å². The van der Waals surface area contributed by atoms with Gasteiger partial charge >= 0.3 is 0 Å². The highest BCUT2D eigenvalue weighted by molar-refractivity contribution is 5.24. The lowest BCUT2D eigenvalue weighted by atomic mass is 9.91. The zero-order valence-electron chi connectivity index (χ0n) is 13.1. The summed E-state index contributed by atoms with van der Waals surface area (Å²) in [5, 5.41) is 8.00. The predicted octanol–water partition coefficient (Wildman–Crippen LogP) is 2.51. The van der Waals surface area contributed by atoms with Crippen LogP contribution in [0.1, 0.15) is 56.2 Å². The molecule has 0 radical (unpaired) electrons. The molecule has 6 heteroatoms. The third-order valence-electron chi connectivity index (χ3n) is 4.78. The second-order valence-corrected chi connectivity index (χ2v) is 6.54. The van der Waals surface area contributed by atoms with E-state index in [2.05, 4.69) is 20.4 Å². The molecule has 0 amide bonds. The van der Waals surface area contributed by atoms with Gasteiger partial charge in [-0.2, -0.15) is 5.10 Å².